The molecule has 3 aromatic rings. The van der Waals surface area contributed by atoms with Crippen LogP contribution in [0.3, 0.4) is 0 Å². The third-order valence-electron chi connectivity index (χ3n) is 4.22. The van der Waals surface area contributed by atoms with Gasteiger partial charge in [0.25, 0.3) is 0 Å². The van der Waals surface area contributed by atoms with Gasteiger partial charge in [-0.3, -0.25) is 0 Å². The molecule has 2 aromatic carbocycles. The molecule has 5 heteroatoms. The van der Waals surface area contributed by atoms with Crippen molar-refractivity contribution >= 4 is 30.1 Å². The molecule has 0 atom stereocenters. The van der Waals surface area contributed by atoms with E-state index >= 15 is 0 Å². The molecule has 124 valence electrons. The fourth-order valence-electron chi connectivity index (χ4n) is 2.89. The molecule has 0 unspecified atom stereocenters. The Hall–Kier alpha value is -2.40. The number of hydrogen-bond donors (Lipinski definition) is 1. The number of halogens is 1. The van der Waals surface area contributed by atoms with E-state index in [1.54, 1.807) is 16.7 Å². The molecule has 24 heavy (non-hydrogen) atoms. The highest BCUT2D eigenvalue weighted by atomic mass is 28.3. The maximum Gasteiger partial charge on any atom is 0.352 e. The van der Waals surface area contributed by atoms with Crippen molar-refractivity contribution in [2.75, 3.05) is 0 Å². The van der Waals surface area contributed by atoms with Gasteiger partial charge in [-0.05, 0) is 29.8 Å². The van der Waals surface area contributed by atoms with Gasteiger partial charge in [0.05, 0.1) is 8.07 Å². The number of aromatic nitrogens is 1. The van der Waals surface area contributed by atoms with Crippen LogP contribution in [0.1, 0.15) is 16.1 Å². The quantitative estimate of drug-likeness (QED) is 0.727. The van der Waals surface area contributed by atoms with Crippen molar-refractivity contribution in [3.8, 4) is 0 Å². The number of fused-ring (bicyclic) bond motifs is 1. The molecule has 1 heterocycles. The van der Waals surface area contributed by atoms with Crippen molar-refractivity contribution in [3.63, 3.8) is 0 Å². The van der Waals surface area contributed by atoms with E-state index in [1.165, 1.54) is 17.3 Å². The molecule has 3 rings (SSSR count). The number of carboxylic acids is 1. The number of aromatic carboxylic acids is 1. The van der Waals surface area contributed by atoms with E-state index < -0.39 is 14.0 Å². The predicted molar refractivity (Wildman–Crippen MR) is 97.4 cm³/mol. The van der Waals surface area contributed by atoms with Gasteiger partial charge >= 0.3 is 5.97 Å². The highest BCUT2D eigenvalue weighted by Crippen LogP contribution is 2.22. The zero-order valence-electron chi connectivity index (χ0n) is 14.0. The average molecular weight is 341 g/mol. The van der Waals surface area contributed by atoms with Crippen molar-refractivity contribution in [3.05, 3.63) is 65.6 Å². The van der Waals surface area contributed by atoms with Crippen LogP contribution in [0.2, 0.25) is 19.6 Å². The molecule has 0 fully saturated rings. The van der Waals surface area contributed by atoms with Crippen LogP contribution in [0.15, 0.2) is 48.5 Å². The normalized spacial score (nSPS) is 11.8. The van der Waals surface area contributed by atoms with Crippen LogP contribution >= 0.6 is 0 Å². The number of hydrogen-bond acceptors (Lipinski definition) is 1. The molecule has 0 bridgehead atoms. The number of carboxylic acid groups (broad SMARTS) is 1. The largest absolute Gasteiger partial charge is 0.477 e. The summed E-state index contributed by atoms with van der Waals surface area (Å²) < 4.78 is 15.2. The highest BCUT2D eigenvalue weighted by Gasteiger charge is 2.20. The molecule has 0 radical (unpaired) electrons. The first-order valence-corrected chi connectivity index (χ1v) is 11.4. The van der Waals surface area contributed by atoms with E-state index in [9.17, 15) is 14.3 Å². The molecule has 0 aliphatic carbocycles. The summed E-state index contributed by atoms with van der Waals surface area (Å²) in [4.78, 5) is 11.6. The van der Waals surface area contributed by atoms with Crippen LogP contribution in [0.5, 0.6) is 0 Å². The Kier molecular flexibility index (Phi) is 4.05. The SMILES string of the molecule is C[Si](C)(C)c1ccc2cc(C(=O)O)n(Cc3cccc(F)c3)c2c1. The molecule has 0 amide bonds. The lowest BCUT2D eigenvalue weighted by Gasteiger charge is -2.17. The molecular weight excluding hydrogens is 321 g/mol. The number of carbonyl (C=O) groups is 1. The topological polar surface area (TPSA) is 42.2 Å². The van der Waals surface area contributed by atoms with E-state index in [-0.39, 0.29) is 11.5 Å². The standard InChI is InChI=1S/C19H20FNO2Si/c1-24(2,3)16-8-7-14-10-18(19(22)23)21(17(14)11-16)12-13-5-4-6-15(20)9-13/h4-11H,12H2,1-3H3,(H,22,23). The number of nitrogens with zero attached hydrogens (tertiary/aromatic N) is 1. The summed E-state index contributed by atoms with van der Waals surface area (Å²) in [5.74, 6) is -1.29. The number of benzene rings is 2. The van der Waals surface area contributed by atoms with Gasteiger partial charge in [0.1, 0.15) is 11.5 Å². The van der Waals surface area contributed by atoms with Crippen LogP contribution < -0.4 is 5.19 Å². The Bertz CT molecular complexity index is 925. The van der Waals surface area contributed by atoms with Gasteiger partial charge in [-0.2, -0.15) is 0 Å². The van der Waals surface area contributed by atoms with Gasteiger partial charge in [-0.25, -0.2) is 9.18 Å². The first-order chi connectivity index (χ1) is 11.3. The first-order valence-electron chi connectivity index (χ1n) is 7.87. The zero-order chi connectivity index (χ0) is 17.5. The number of rotatable bonds is 4. The molecular formula is C19H20FNO2Si. The van der Waals surface area contributed by atoms with Crippen LogP contribution in [-0.2, 0) is 6.54 Å². The third kappa shape index (κ3) is 3.12. The van der Waals surface area contributed by atoms with Gasteiger partial charge in [0.2, 0.25) is 0 Å². The first kappa shape index (κ1) is 16.5. The molecule has 1 N–H and O–H groups in total. The van der Waals surface area contributed by atoms with Crippen molar-refractivity contribution in [1.82, 2.24) is 4.57 Å². The minimum absolute atomic E-state index is 0.224. The molecule has 0 aliphatic rings. The monoisotopic (exact) mass is 341 g/mol. The molecule has 0 saturated carbocycles. The van der Waals surface area contributed by atoms with Crippen molar-refractivity contribution in [1.29, 1.82) is 0 Å². The second kappa shape index (κ2) is 5.91. The van der Waals surface area contributed by atoms with Crippen molar-refractivity contribution in [2.24, 2.45) is 0 Å². The summed E-state index contributed by atoms with van der Waals surface area (Å²) in [6, 6.07) is 14.1. The fourth-order valence-corrected chi connectivity index (χ4v) is 4.04. The van der Waals surface area contributed by atoms with E-state index in [1.807, 2.05) is 12.1 Å². The van der Waals surface area contributed by atoms with E-state index in [0.717, 1.165) is 16.5 Å². The summed E-state index contributed by atoms with van der Waals surface area (Å²) in [5, 5.41) is 11.7. The lowest BCUT2D eigenvalue weighted by Crippen LogP contribution is -2.37. The zero-order valence-corrected chi connectivity index (χ0v) is 15.0. The van der Waals surface area contributed by atoms with Crippen LogP contribution in [0.4, 0.5) is 4.39 Å². The summed E-state index contributed by atoms with van der Waals surface area (Å²) in [6.07, 6.45) is 0. The van der Waals surface area contributed by atoms with E-state index in [0.29, 0.717) is 6.54 Å². The maximum absolute atomic E-state index is 13.5. The maximum atomic E-state index is 13.5. The molecule has 3 nitrogen and oxygen atoms in total. The predicted octanol–water partition coefficient (Wildman–Crippen LogP) is 4.07. The third-order valence-corrected chi connectivity index (χ3v) is 6.26. The Balaban J connectivity index is 2.18. The van der Waals surface area contributed by atoms with Crippen molar-refractivity contribution < 1.29 is 14.3 Å². The summed E-state index contributed by atoms with van der Waals surface area (Å²) in [7, 11) is -1.51. The van der Waals surface area contributed by atoms with Gasteiger partial charge in [-0.1, -0.05) is 49.1 Å². The van der Waals surface area contributed by atoms with Gasteiger partial charge in [0, 0.05) is 17.4 Å². The van der Waals surface area contributed by atoms with E-state index in [2.05, 4.69) is 31.8 Å². The van der Waals surface area contributed by atoms with Gasteiger partial charge < -0.3 is 9.67 Å². The van der Waals surface area contributed by atoms with Gasteiger partial charge in [0.15, 0.2) is 0 Å². The minimum atomic E-state index is -1.51. The highest BCUT2D eigenvalue weighted by molar-refractivity contribution is 6.88. The van der Waals surface area contributed by atoms with Gasteiger partial charge in [-0.15, -0.1) is 0 Å². The summed E-state index contributed by atoms with van der Waals surface area (Å²) in [6.45, 7) is 7.10. The second-order valence-electron chi connectivity index (χ2n) is 7.07. The Morgan fingerprint density at radius 3 is 2.50 bits per heavy atom. The lowest BCUT2D eigenvalue weighted by molar-refractivity contribution is 0.0686. The van der Waals surface area contributed by atoms with Crippen LogP contribution in [-0.4, -0.2) is 23.7 Å². The van der Waals surface area contributed by atoms with Crippen molar-refractivity contribution in [2.45, 2.75) is 26.2 Å². The van der Waals surface area contributed by atoms with Crippen LogP contribution in [0.25, 0.3) is 10.9 Å². The fraction of sp³-hybridized carbons (Fsp3) is 0.211. The van der Waals surface area contributed by atoms with E-state index in [4.69, 9.17) is 0 Å². The second-order valence-corrected chi connectivity index (χ2v) is 12.2. The minimum Gasteiger partial charge on any atom is -0.477 e. The summed E-state index contributed by atoms with van der Waals surface area (Å²) in [5.41, 5.74) is 1.85. The average Bonchev–Trinajstić information content (AvgIpc) is 2.85. The molecule has 0 spiro atoms. The Morgan fingerprint density at radius 1 is 1.12 bits per heavy atom. The Morgan fingerprint density at radius 2 is 1.88 bits per heavy atom. The Labute approximate surface area is 141 Å². The molecule has 0 saturated heterocycles. The molecule has 1 aromatic heterocycles. The van der Waals surface area contributed by atoms with Crippen LogP contribution in [0, 0.1) is 5.82 Å². The molecule has 0 aliphatic heterocycles. The lowest BCUT2D eigenvalue weighted by atomic mass is 10.2. The summed E-state index contributed by atoms with van der Waals surface area (Å²) >= 11 is 0. The smallest absolute Gasteiger partial charge is 0.352 e.